The van der Waals surface area contributed by atoms with E-state index in [1.165, 1.54) is 10.4 Å². The summed E-state index contributed by atoms with van der Waals surface area (Å²) in [5.41, 5.74) is 5.40. The monoisotopic (exact) mass is 363 g/mol. The van der Waals surface area contributed by atoms with Gasteiger partial charge in [-0.1, -0.05) is 17.7 Å². The van der Waals surface area contributed by atoms with Crippen LogP contribution in [-0.2, 0) is 17.6 Å². The van der Waals surface area contributed by atoms with E-state index in [9.17, 15) is 4.79 Å². The van der Waals surface area contributed by atoms with Gasteiger partial charge in [0.05, 0.1) is 5.69 Å². The Bertz CT molecular complexity index is 949. The predicted molar refractivity (Wildman–Crippen MR) is 105 cm³/mol. The fourth-order valence-corrected chi connectivity index (χ4v) is 4.58. The summed E-state index contributed by atoms with van der Waals surface area (Å²) in [4.78, 5) is 22.9. The average molecular weight is 363 g/mol. The number of anilines is 1. The summed E-state index contributed by atoms with van der Waals surface area (Å²) in [6.07, 6.45) is 6.08. The quantitative estimate of drug-likeness (QED) is 0.742. The molecule has 1 unspecified atom stereocenters. The Labute approximate surface area is 157 Å². The molecule has 132 valence electrons. The first-order valence-electron chi connectivity index (χ1n) is 8.87. The minimum Gasteiger partial charge on any atom is -0.326 e. The first-order valence-corrected chi connectivity index (χ1v) is 9.69. The van der Waals surface area contributed by atoms with Crippen molar-refractivity contribution in [2.45, 2.75) is 33.1 Å². The number of pyridine rings is 1. The zero-order valence-corrected chi connectivity index (χ0v) is 15.8. The van der Waals surface area contributed by atoms with E-state index in [1.807, 2.05) is 37.4 Å². The average Bonchev–Trinajstić information content (AvgIpc) is 3.08. The van der Waals surface area contributed by atoms with E-state index in [2.05, 4.69) is 23.3 Å². The molecule has 0 bridgehead atoms. The fourth-order valence-electron chi connectivity index (χ4n) is 3.40. The van der Waals surface area contributed by atoms with Crippen molar-refractivity contribution in [3.8, 4) is 10.6 Å². The summed E-state index contributed by atoms with van der Waals surface area (Å²) in [6.45, 7) is 4.09. The fraction of sp³-hybridized carbons (Fsp3) is 0.286. The summed E-state index contributed by atoms with van der Waals surface area (Å²) in [5.74, 6) is 0.115. The van der Waals surface area contributed by atoms with Crippen LogP contribution in [0.1, 0.15) is 28.1 Å². The van der Waals surface area contributed by atoms with Gasteiger partial charge in [-0.25, -0.2) is 4.98 Å². The second-order valence-corrected chi connectivity index (χ2v) is 7.96. The van der Waals surface area contributed by atoms with Gasteiger partial charge in [0.1, 0.15) is 5.01 Å². The molecule has 0 radical (unpaired) electrons. The van der Waals surface area contributed by atoms with Gasteiger partial charge in [0, 0.05) is 34.4 Å². The number of aromatic nitrogens is 2. The number of rotatable bonds is 3. The lowest BCUT2D eigenvalue weighted by molar-refractivity contribution is -0.120. The minimum atomic E-state index is 0.00500. The topological polar surface area (TPSA) is 54.9 Å². The molecule has 1 atom stereocenters. The van der Waals surface area contributed by atoms with Crippen molar-refractivity contribution >= 4 is 22.9 Å². The normalized spacial score (nSPS) is 16.2. The van der Waals surface area contributed by atoms with Crippen LogP contribution in [0.25, 0.3) is 10.6 Å². The second kappa shape index (κ2) is 7.00. The molecular weight excluding hydrogens is 342 g/mol. The molecule has 4 nitrogen and oxygen atoms in total. The highest BCUT2D eigenvalue weighted by molar-refractivity contribution is 7.15. The summed E-state index contributed by atoms with van der Waals surface area (Å²) < 4.78 is 0. The number of nitrogens with zero attached hydrogens (tertiary/aromatic N) is 2. The van der Waals surface area contributed by atoms with Crippen molar-refractivity contribution in [1.29, 1.82) is 0 Å². The van der Waals surface area contributed by atoms with Crippen LogP contribution < -0.4 is 5.32 Å². The van der Waals surface area contributed by atoms with Crippen molar-refractivity contribution < 1.29 is 4.79 Å². The predicted octanol–water partition coefficient (Wildman–Crippen LogP) is 4.57. The molecule has 3 aromatic rings. The zero-order valence-electron chi connectivity index (χ0n) is 15.0. The molecule has 1 amide bonds. The van der Waals surface area contributed by atoms with Crippen LogP contribution in [0, 0.1) is 19.8 Å². The van der Waals surface area contributed by atoms with Crippen LogP contribution in [0.4, 0.5) is 5.69 Å². The van der Waals surface area contributed by atoms with E-state index in [0.717, 1.165) is 46.8 Å². The third kappa shape index (κ3) is 3.40. The molecule has 26 heavy (non-hydrogen) atoms. The zero-order chi connectivity index (χ0) is 18.1. The van der Waals surface area contributed by atoms with E-state index in [1.54, 1.807) is 17.5 Å². The maximum Gasteiger partial charge on any atom is 0.227 e. The smallest absolute Gasteiger partial charge is 0.227 e. The molecule has 5 heteroatoms. The molecule has 2 aromatic heterocycles. The van der Waals surface area contributed by atoms with E-state index in [0.29, 0.717) is 0 Å². The van der Waals surface area contributed by atoms with Crippen molar-refractivity contribution in [1.82, 2.24) is 9.97 Å². The molecule has 0 aliphatic heterocycles. The van der Waals surface area contributed by atoms with E-state index in [-0.39, 0.29) is 11.8 Å². The van der Waals surface area contributed by atoms with Gasteiger partial charge in [0.25, 0.3) is 0 Å². The number of carbonyl (C=O) groups excluding carboxylic acids is 1. The molecular formula is C21H21N3OS. The molecule has 0 saturated heterocycles. The van der Waals surface area contributed by atoms with Gasteiger partial charge in [-0.2, -0.15) is 0 Å². The highest BCUT2D eigenvalue weighted by atomic mass is 32.1. The number of fused-ring (bicyclic) bond motifs is 1. The van der Waals surface area contributed by atoms with Crippen LogP contribution in [0.15, 0.2) is 42.7 Å². The number of nitrogens with one attached hydrogen (secondary N) is 1. The molecule has 0 spiro atoms. The highest BCUT2D eigenvalue weighted by Crippen LogP contribution is 2.34. The minimum absolute atomic E-state index is 0.00500. The van der Waals surface area contributed by atoms with E-state index < -0.39 is 0 Å². The number of amides is 1. The van der Waals surface area contributed by atoms with Gasteiger partial charge in [0.2, 0.25) is 5.91 Å². The van der Waals surface area contributed by atoms with Gasteiger partial charge in [-0.15, -0.1) is 11.3 Å². The van der Waals surface area contributed by atoms with Gasteiger partial charge in [-0.05, 0) is 56.9 Å². The Kier molecular flexibility index (Phi) is 4.55. The van der Waals surface area contributed by atoms with Crippen LogP contribution in [-0.4, -0.2) is 15.9 Å². The Hall–Kier alpha value is -2.53. The summed E-state index contributed by atoms with van der Waals surface area (Å²) >= 11 is 1.69. The maximum atomic E-state index is 12.8. The lowest BCUT2D eigenvalue weighted by Crippen LogP contribution is -2.28. The van der Waals surface area contributed by atoms with E-state index in [4.69, 9.17) is 4.98 Å². The largest absolute Gasteiger partial charge is 0.326 e. The Morgan fingerprint density at radius 1 is 1.27 bits per heavy atom. The first-order chi connectivity index (χ1) is 12.6. The lowest BCUT2D eigenvalue weighted by Gasteiger charge is -2.21. The van der Waals surface area contributed by atoms with E-state index >= 15 is 0 Å². The Morgan fingerprint density at radius 3 is 2.92 bits per heavy atom. The molecule has 2 heterocycles. The van der Waals surface area contributed by atoms with Crippen molar-refractivity contribution in [3.05, 3.63) is 64.4 Å². The number of benzene rings is 1. The molecule has 4 rings (SSSR count). The Morgan fingerprint density at radius 2 is 2.15 bits per heavy atom. The molecule has 0 fully saturated rings. The standard InChI is InChI=1S/C21H21N3OS/c1-13-5-7-17(14(2)10-13)23-20(25)15-6-8-18-19(11-15)26-21(24-18)16-4-3-9-22-12-16/h3-5,7,9-10,12,15H,6,8,11H2,1-2H3,(H,23,25). The first kappa shape index (κ1) is 16.9. The molecule has 0 saturated carbocycles. The Balaban J connectivity index is 1.49. The molecule has 1 aliphatic carbocycles. The maximum absolute atomic E-state index is 12.8. The molecule has 1 N–H and O–H groups in total. The van der Waals surface area contributed by atoms with Crippen LogP contribution in [0.2, 0.25) is 0 Å². The van der Waals surface area contributed by atoms with Gasteiger partial charge < -0.3 is 5.32 Å². The van der Waals surface area contributed by atoms with Crippen LogP contribution in [0.3, 0.4) is 0 Å². The van der Waals surface area contributed by atoms with Gasteiger partial charge in [0.15, 0.2) is 0 Å². The van der Waals surface area contributed by atoms with Gasteiger partial charge in [-0.3, -0.25) is 9.78 Å². The number of carbonyl (C=O) groups is 1. The summed E-state index contributed by atoms with van der Waals surface area (Å²) in [7, 11) is 0. The lowest BCUT2D eigenvalue weighted by atomic mass is 9.90. The number of thiazole rings is 1. The van der Waals surface area contributed by atoms with Crippen LogP contribution in [0.5, 0.6) is 0 Å². The SMILES string of the molecule is Cc1ccc(NC(=O)C2CCc3nc(-c4cccnc4)sc3C2)c(C)c1. The van der Waals surface area contributed by atoms with Crippen molar-refractivity contribution in [2.24, 2.45) is 5.92 Å². The van der Waals surface area contributed by atoms with Crippen molar-refractivity contribution in [3.63, 3.8) is 0 Å². The summed E-state index contributed by atoms with van der Waals surface area (Å²) in [5, 5.41) is 4.11. The number of aryl methyl sites for hydroxylation is 3. The van der Waals surface area contributed by atoms with Crippen molar-refractivity contribution in [2.75, 3.05) is 5.32 Å². The molecule has 1 aliphatic rings. The highest BCUT2D eigenvalue weighted by Gasteiger charge is 2.28. The van der Waals surface area contributed by atoms with Crippen LogP contribution >= 0.6 is 11.3 Å². The number of hydrogen-bond donors (Lipinski definition) is 1. The third-order valence-corrected chi connectivity index (χ3v) is 6.03. The van der Waals surface area contributed by atoms with Gasteiger partial charge >= 0.3 is 0 Å². The molecule has 1 aromatic carbocycles. The summed E-state index contributed by atoms with van der Waals surface area (Å²) in [6, 6.07) is 10.1. The number of hydrogen-bond acceptors (Lipinski definition) is 4. The second-order valence-electron chi connectivity index (χ2n) is 6.88. The third-order valence-electron chi connectivity index (χ3n) is 4.86.